The number of unbranched alkanes of at least 4 members (excludes halogenated alkanes) is 1. The Bertz CT molecular complexity index is 198. The largest absolute Gasteiger partial charge is 0.300 e. The van der Waals surface area contributed by atoms with E-state index < -0.39 is 0 Å². The van der Waals surface area contributed by atoms with Gasteiger partial charge in [-0.1, -0.05) is 80.1 Å². The van der Waals surface area contributed by atoms with Crippen LogP contribution in [-0.4, -0.2) is 5.78 Å². The maximum atomic E-state index is 11.1. The Labute approximate surface area is 128 Å². The molecule has 0 aromatic heterocycles. The maximum absolute atomic E-state index is 11.1. The molecule has 0 aromatic rings. The second kappa shape index (κ2) is 16.7. The molecule has 122 valence electrons. The fourth-order valence-corrected chi connectivity index (χ4v) is 2.21. The highest BCUT2D eigenvalue weighted by Gasteiger charge is 2.03. The minimum Gasteiger partial charge on any atom is -0.300 e. The Balaban J connectivity index is 0. The first-order valence-corrected chi connectivity index (χ1v) is 9.03. The monoisotopic (exact) mass is 284 g/mol. The molecule has 0 saturated heterocycles. The van der Waals surface area contributed by atoms with Gasteiger partial charge in [0.15, 0.2) is 0 Å². The summed E-state index contributed by atoms with van der Waals surface area (Å²) in [6, 6.07) is 0. The molecule has 0 heterocycles. The lowest BCUT2D eigenvalue weighted by Crippen LogP contribution is -2.00. The van der Waals surface area contributed by atoms with Crippen LogP contribution in [0.2, 0.25) is 0 Å². The number of Topliss-reactive ketones (excluding diaryl/α,β-unsaturated/α-hetero) is 1. The molecule has 0 N–H and O–H groups in total. The molecule has 0 rings (SSSR count). The van der Waals surface area contributed by atoms with Gasteiger partial charge in [-0.25, -0.2) is 0 Å². The lowest BCUT2D eigenvalue weighted by molar-refractivity contribution is -0.119. The average molecular weight is 285 g/mol. The first-order valence-electron chi connectivity index (χ1n) is 9.03. The van der Waals surface area contributed by atoms with Crippen molar-refractivity contribution in [3.63, 3.8) is 0 Å². The van der Waals surface area contributed by atoms with Crippen molar-refractivity contribution in [2.24, 2.45) is 11.8 Å². The van der Waals surface area contributed by atoms with Crippen molar-refractivity contribution in [3.8, 4) is 0 Å². The fraction of sp³-hybridized carbons (Fsp3) is 0.947. The molecule has 0 aliphatic carbocycles. The van der Waals surface area contributed by atoms with E-state index in [9.17, 15) is 4.79 Å². The molecule has 1 heteroatoms. The second-order valence-electron chi connectivity index (χ2n) is 6.38. The van der Waals surface area contributed by atoms with Crippen LogP contribution in [0.1, 0.15) is 106 Å². The van der Waals surface area contributed by atoms with E-state index in [2.05, 4.69) is 41.5 Å². The van der Waals surface area contributed by atoms with Crippen LogP contribution >= 0.6 is 0 Å². The lowest BCUT2D eigenvalue weighted by atomic mass is 10.00. The zero-order valence-electron chi connectivity index (χ0n) is 15.1. The highest BCUT2D eigenvalue weighted by Crippen LogP contribution is 2.12. The van der Waals surface area contributed by atoms with Gasteiger partial charge in [-0.3, -0.25) is 4.79 Å². The molecule has 0 spiro atoms. The number of hydrogen-bond acceptors (Lipinski definition) is 1. The number of carbonyl (C=O) groups is 1. The van der Waals surface area contributed by atoms with Gasteiger partial charge >= 0.3 is 0 Å². The minimum absolute atomic E-state index is 0.438. The van der Waals surface area contributed by atoms with Crippen molar-refractivity contribution in [3.05, 3.63) is 0 Å². The molecule has 0 aromatic carbocycles. The van der Waals surface area contributed by atoms with Crippen LogP contribution in [-0.2, 0) is 4.79 Å². The van der Waals surface area contributed by atoms with Gasteiger partial charge in [0, 0.05) is 12.8 Å². The topological polar surface area (TPSA) is 17.1 Å². The Morgan fingerprint density at radius 3 is 1.85 bits per heavy atom. The Kier molecular flexibility index (Phi) is 18.4. The smallest absolute Gasteiger partial charge is 0.132 e. The molecule has 2 unspecified atom stereocenters. The predicted molar refractivity (Wildman–Crippen MR) is 92.2 cm³/mol. The van der Waals surface area contributed by atoms with Crippen LogP contribution in [0.3, 0.4) is 0 Å². The summed E-state index contributed by atoms with van der Waals surface area (Å²) in [5, 5.41) is 0. The Morgan fingerprint density at radius 1 is 0.750 bits per heavy atom. The van der Waals surface area contributed by atoms with Crippen molar-refractivity contribution >= 4 is 5.78 Å². The third kappa shape index (κ3) is 17.7. The normalized spacial score (nSPS) is 13.3. The molecule has 0 saturated carbocycles. The first-order chi connectivity index (χ1) is 9.51. The van der Waals surface area contributed by atoms with E-state index in [4.69, 9.17) is 0 Å². The van der Waals surface area contributed by atoms with Gasteiger partial charge in [0.25, 0.3) is 0 Å². The van der Waals surface area contributed by atoms with E-state index >= 15 is 0 Å². The van der Waals surface area contributed by atoms with Crippen LogP contribution in [0, 0.1) is 11.8 Å². The molecule has 0 amide bonds. The summed E-state index contributed by atoms with van der Waals surface area (Å²) in [4.78, 5) is 11.1. The summed E-state index contributed by atoms with van der Waals surface area (Å²) in [6.45, 7) is 13.3. The van der Waals surface area contributed by atoms with Crippen LogP contribution < -0.4 is 0 Å². The van der Waals surface area contributed by atoms with Gasteiger partial charge < -0.3 is 0 Å². The summed E-state index contributed by atoms with van der Waals surface area (Å²) >= 11 is 0. The van der Waals surface area contributed by atoms with Crippen LogP contribution in [0.5, 0.6) is 0 Å². The average Bonchev–Trinajstić information content (AvgIpc) is 2.44. The van der Waals surface area contributed by atoms with Gasteiger partial charge in [-0.05, 0) is 24.7 Å². The molecule has 0 aliphatic rings. The molecule has 0 aliphatic heterocycles. The maximum Gasteiger partial charge on any atom is 0.132 e. The lowest BCUT2D eigenvalue weighted by Gasteiger charge is -2.07. The van der Waals surface area contributed by atoms with Crippen LogP contribution in [0.4, 0.5) is 0 Å². The van der Waals surface area contributed by atoms with E-state index in [0.29, 0.717) is 5.78 Å². The molecular weight excluding hydrogens is 244 g/mol. The van der Waals surface area contributed by atoms with Gasteiger partial charge in [-0.15, -0.1) is 0 Å². The minimum atomic E-state index is 0.438. The molecule has 20 heavy (non-hydrogen) atoms. The quantitative estimate of drug-likeness (QED) is 0.408. The summed E-state index contributed by atoms with van der Waals surface area (Å²) in [5.41, 5.74) is 0. The van der Waals surface area contributed by atoms with E-state index in [0.717, 1.165) is 37.5 Å². The van der Waals surface area contributed by atoms with Gasteiger partial charge in [0.2, 0.25) is 0 Å². The summed E-state index contributed by atoms with van der Waals surface area (Å²) < 4.78 is 0. The fourth-order valence-electron chi connectivity index (χ4n) is 2.21. The Hall–Kier alpha value is -0.330. The van der Waals surface area contributed by atoms with E-state index in [1.807, 2.05) is 0 Å². The standard InChI is InChI=1S/C10H20O.C9H20/c1-4-6-10(11)8-7-9(3)5-2;1-4-6-8-9(3)7-5-2/h9H,4-8H2,1-3H3;9H,4-8H2,1-3H3. The third-order valence-corrected chi connectivity index (χ3v) is 3.97. The van der Waals surface area contributed by atoms with E-state index in [1.54, 1.807) is 0 Å². The van der Waals surface area contributed by atoms with Gasteiger partial charge in [-0.2, -0.15) is 0 Å². The number of hydrogen-bond donors (Lipinski definition) is 0. The van der Waals surface area contributed by atoms with E-state index in [1.165, 1.54) is 38.5 Å². The SMILES string of the molecule is CCCC(=O)CCC(C)CC.CCCCC(C)CCC. The molecular formula is C19H40O. The zero-order chi connectivity index (χ0) is 15.8. The summed E-state index contributed by atoms with van der Waals surface area (Å²) in [7, 11) is 0. The molecule has 2 atom stereocenters. The zero-order valence-corrected chi connectivity index (χ0v) is 15.1. The second-order valence-corrected chi connectivity index (χ2v) is 6.38. The van der Waals surface area contributed by atoms with Crippen molar-refractivity contribution in [1.29, 1.82) is 0 Å². The molecule has 0 radical (unpaired) electrons. The summed E-state index contributed by atoms with van der Waals surface area (Å²) in [5.74, 6) is 2.12. The Morgan fingerprint density at radius 2 is 1.40 bits per heavy atom. The van der Waals surface area contributed by atoms with Gasteiger partial charge in [0.1, 0.15) is 5.78 Å². The third-order valence-electron chi connectivity index (χ3n) is 3.97. The molecule has 0 bridgehead atoms. The molecule has 1 nitrogen and oxygen atoms in total. The summed E-state index contributed by atoms with van der Waals surface area (Å²) in [6.07, 6.45) is 11.8. The van der Waals surface area contributed by atoms with Crippen molar-refractivity contribution in [2.75, 3.05) is 0 Å². The predicted octanol–water partition coefficient (Wildman–Crippen LogP) is 6.79. The first kappa shape index (κ1) is 22.0. The highest BCUT2D eigenvalue weighted by atomic mass is 16.1. The number of ketones is 1. The number of carbonyl (C=O) groups excluding carboxylic acids is 1. The molecule has 0 fully saturated rings. The van der Waals surface area contributed by atoms with Crippen LogP contribution in [0.25, 0.3) is 0 Å². The van der Waals surface area contributed by atoms with E-state index in [-0.39, 0.29) is 0 Å². The van der Waals surface area contributed by atoms with Crippen molar-refractivity contribution in [1.82, 2.24) is 0 Å². The van der Waals surface area contributed by atoms with Crippen LogP contribution in [0.15, 0.2) is 0 Å². The number of rotatable bonds is 11. The van der Waals surface area contributed by atoms with Crippen molar-refractivity contribution in [2.45, 2.75) is 106 Å². The highest BCUT2D eigenvalue weighted by molar-refractivity contribution is 5.78. The van der Waals surface area contributed by atoms with Gasteiger partial charge in [0.05, 0.1) is 0 Å². The van der Waals surface area contributed by atoms with Crippen molar-refractivity contribution < 1.29 is 4.79 Å².